The number of hydrogen-bond acceptors (Lipinski definition) is 5. The molecule has 1 amide bonds. The summed E-state index contributed by atoms with van der Waals surface area (Å²) in [7, 11) is 4.11. The van der Waals surface area contributed by atoms with Gasteiger partial charge in [-0.05, 0) is 37.6 Å². The van der Waals surface area contributed by atoms with Gasteiger partial charge in [0.1, 0.15) is 12.6 Å². The van der Waals surface area contributed by atoms with E-state index in [4.69, 9.17) is 5.26 Å². The van der Waals surface area contributed by atoms with Crippen LogP contribution in [0.1, 0.15) is 25.8 Å². The number of carbonyl (C=O) groups is 1. The van der Waals surface area contributed by atoms with Crippen LogP contribution in [0.25, 0.3) is 11.1 Å². The van der Waals surface area contributed by atoms with Gasteiger partial charge >= 0.3 is 0 Å². The molecule has 0 aliphatic rings. The molecule has 0 saturated heterocycles. The number of nitrogens with one attached hydrogen (secondary N) is 2. The van der Waals surface area contributed by atoms with Crippen LogP contribution in [0, 0.1) is 17.2 Å². The minimum absolute atomic E-state index is 0.0267. The van der Waals surface area contributed by atoms with E-state index in [9.17, 15) is 4.79 Å². The van der Waals surface area contributed by atoms with Crippen LogP contribution >= 0.6 is 11.3 Å². The van der Waals surface area contributed by atoms with Crippen LogP contribution in [0.3, 0.4) is 0 Å². The zero-order chi connectivity index (χ0) is 19.8. The monoisotopic (exact) mass is 384 g/mol. The van der Waals surface area contributed by atoms with Crippen molar-refractivity contribution in [1.29, 1.82) is 5.26 Å². The molecule has 27 heavy (non-hydrogen) atoms. The summed E-state index contributed by atoms with van der Waals surface area (Å²) in [4.78, 5) is 14.6. The van der Waals surface area contributed by atoms with Crippen molar-refractivity contribution in [1.82, 2.24) is 10.2 Å². The molecular formula is C21H28N4OS. The normalized spacial score (nSPS) is 12.0. The Hall–Kier alpha value is -2.36. The Kier molecular flexibility index (Phi) is 7.83. The summed E-state index contributed by atoms with van der Waals surface area (Å²) in [6, 6.07) is 10.1. The van der Waals surface area contributed by atoms with Gasteiger partial charge in [-0.3, -0.25) is 4.79 Å². The summed E-state index contributed by atoms with van der Waals surface area (Å²) in [5, 5.41) is 18.9. The molecule has 0 aliphatic heterocycles. The lowest BCUT2D eigenvalue weighted by atomic mass is 10.0. The topological polar surface area (TPSA) is 68.2 Å². The van der Waals surface area contributed by atoms with Crippen molar-refractivity contribution in [3.8, 4) is 17.2 Å². The largest absolute Gasteiger partial charge is 0.372 e. The van der Waals surface area contributed by atoms with E-state index in [1.54, 1.807) is 11.3 Å². The maximum Gasteiger partial charge on any atom is 0.243 e. The number of benzene rings is 1. The summed E-state index contributed by atoms with van der Waals surface area (Å²) in [6.45, 7) is 5.11. The lowest BCUT2D eigenvalue weighted by Crippen LogP contribution is -2.40. The van der Waals surface area contributed by atoms with Crippen LogP contribution in [0.5, 0.6) is 0 Å². The maximum absolute atomic E-state index is 12.4. The van der Waals surface area contributed by atoms with E-state index in [1.165, 1.54) is 5.56 Å². The van der Waals surface area contributed by atoms with E-state index in [0.717, 1.165) is 23.4 Å². The number of nitriles is 1. The summed E-state index contributed by atoms with van der Waals surface area (Å²) in [5.74, 6) is 0.228. The molecule has 0 saturated carbocycles. The molecule has 1 aromatic carbocycles. The lowest BCUT2D eigenvalue weighted by molar-refractivity contribution is -0.121. The molecule has 0 radical (unpaired) electrons. The van der Waals surface area contributed by atoms with Crippen molar-refractivity contribution in [2.75, 3.05) is 26.0 Å². The zero-order valence-corrected chi connectivity index (χ0v) is 17.3. The molecule has 2 N–H and O–H groups in total. The minimum atomic E-state index is -0.361. The standard InChI is InChI=1S/C21H28N4OS/c1-15(2)11-19(21(26)23-10-9-22)24-20-14-27-13-18(20)17-7-5-16(6-8-17)12-25(3)4/h5-8,13-15,19,24H,10-12H2,1-4H3,(H,23,26)/t19-/m0/s1. The predicted molar refractivity (Wildman–Crippen MR) is 113 cm³/mol. The SMILES string of the molecule is CC(C)C[C@H](Nc1cscc1-c1ccc(CN(C)C)cc1)C(=O)NCC#N. The van der Waals surface area contributed by atoms with Crippen molar-refractivity contribution in [3.05, 3.63) is 40.6 Å². The van der Waals surface area contributed by atoms with Crippen LogP contribution in [-0.2, 0) is 11.3 Å². The number of carbonyl (C=O) groups excluding carboxylic acids is 1. The fourth-order valence-corrected chi connectivity index (χ4v) is 3.73. The lowest BCUT2D eigenvalue weighted by Gasteiger charge is -2.21. The van der Waals surface area contributed by atoms with Crippen molar-refractivity contribution < 1.29 is 4.79 Å². The molecule has 6 heteroatoms. The summed E-state index contributed by atoms with van der Waals surface area (Å²) >= 11 is 1.61. The summed E-state index contributed by atoms with van der Waals surface area (Å²) in [5.41, 5.74) is 4.44. The molecule has 144 valence electrons. The average molecular weight is 385 g/mol. The van der Waals surface area contributed by atoms with Gasteiger partial charge in [0.05, 0.1) is 11.8 Å². The van der Waals surface area contributed by atoms with Gasteiger partial charge in [0.25, 0.3) is 0 Å². The van der Waals surface area contributed by atoms with Crippen molar-refractivity contribution in [2.45, 2.75) is 32.9 Å². The third-order valence-corrected chi connectivity index (χ3v) is 4.86. The predicted octanol–water partition coefficient (Wildman–Crippen LogP) is 3.94. The third-order valence-electron chi connectivity index (χ3n) is 4.12. The minimum Gasteiger partial charge on any atom is -0.372 e. The molecular weight excluding hydrogens is 356 g/mol. The van der Waals surface area contributed by atoms with E-state index in [2.05, 4.69) is 73.1 Å². The zero-order valence-electron chi connectivity index (χ0n) is 16.5. The van der Waals surface area contributed by atoms with Gasteiger partial charge in [-0.2, -0.15) is 5.26 Å². The van der Waals surface area contributed by atoms with Gasteiger partial charge in [0.15, 0.2) is 0 Å². The van der Waals surface area contributed by atoms with Crippen LogP contribution < -0.4 is 10.6 Å². The molecule has 0 fully saturated rings. The Labute approximate surface area is 166 Å². The molecule has 5 nitrogen and oxygen atoms in total. The highest BCUT2D eigenvalue weighted by Crippen LogP contribution is 2.33. The third kappa shape index (κ3) is 6.38. The molecule has 1 aromatic heterocycles. The molecule has 0 aliphatic carbocycles. The number of hydrogen-bond donors (Lipinski definition) is 2. The van der Waals surface area contributed by atoms with Gasteiger partial charge in [0.2, 0.25) is 5.91 Å². The Morgan fingerprint density at radius 1 is 1.22 bits per heavy atom. The van der Waals surface area contributed by atoms with E-state index in [0.29, 0.717) is 12.3 Å². The second-order valence-corrected chi connectivity index (χ2v) is 8.08. The van der Waals surface area contributed by atoms with E-state index in [-0.39, 0.29) is 18.5 Å². The molecule has 1 heterocycles. The molecule has 1 atom stereocenters. The maximum atomic E-state index is 12.4. The number of rotatable bonds is 9. The quantitative estimate of drug-likeness (QED) is 0.643. The number of nitrogens with zero attached hydrogens (tertiary/aromatic N) is 2. The van der Waals surface area contributed by atoms with Crippen LogP contribution in [0.4, 0.5) is 5.69 Å². The molecule has 0 bridgehead atoms. The van der Waals surface area contributed by atoms with E-state index in [1.807, 2.05) is 11.4 Å². The van der Waals surface area contributed by atoms with Crippen LogP contribution in [0.2, 0.25) is 0 Å². The fourth-order valence-electron chi connectivity index (χ4n) is 2.93. The first kappa shape index (κ1) is 20.9. The van der Waals surface area contributed by atoms with Crippen molar-refractivity contribution in [2.24, 2.45) is 5.92 Å². The smallest absolute Gasteiger partial charge is 0.243 e. The highest BCUT2D eigenvalue weighted by atomic mass is 32.1. The van der Waals surface area contributed by atoms with Gasteiger partial charge < -0.3 is 15.5 Å². The number of thiophene rings is 1. The Morgan fingerprint density at radius 2 is 1.93 bits per heavy atom. The highest BCUT2D eigenvalue weighted by molar-refractivity contribution is 7.08. The van der Waals surface area contributed by atoms with Crippen LogP contribution in [-0.4, -0.2) is 37.5 Å². The first-order chi connectivity index (χ1) is 12.9. The molecule has 0 unspecified atom stereocenters. The van der Waals surface area contributed by atoms with Gasteiger partial charge in [0, 0.05) is 22.9 Å². The van der Waals surface area contributed by atoms with Crippen molar-refractivity contribution in [3.63, 3.8) is 0 Å². The van der Waals surface area contributed by atoms with E-state index >= 15 is 0 Å². The van der Waals surface area contributed by atoms with Crippen molar-refractivity contribution >= 4 is 22.9 Å². The van der Waals surface area contributed by atoms with E-state index < -0.39 is 0 Å². The summed E-state index contributed by atoms with van der Waals surface area (Å²) < 4.78 is 0. The second-order valence-electron chi connectivity index (χ2n) is 7.34. The van der Waals surface area contributed by atoms with Gasteiger partial charge in [-0.25, -0.2) is 0 Å². The molecule has 2 aromatic rings. The second kappa shape index (κ2) is 10.1. The molecule has 0 spiro atoms. The Bertz CT molecular complexity index is 774. The fraction of sp³-hybridized carbons (Fsp3) is 0.429. The number of amides is 1. The van der Waals surface area contributed by atoms with Gasteiger partial charge in [-0.15, -0.1) is 11.3 Å². The molecule has 2 rings (SSSR count). The van der Waals surface area contributed by atoms with Gasteiger partial charge in [-0.1, -0.05) is 38.1 Å². The number of anilines is 1. The van der Waals surface area contributed by atoms with Crippen LogP contribution in [0.15, 0.2) is 35.0 Å². The first-order valence-corrected chi connectivity index (χ1v) is 10.1. The highest BCUT2D eigenvalue weighted by Gasteiger charge is 2.21. The first-order valence-electron chi connectivity index (χ1n) is 9.12. The Morgan fingerprint density at radius 3 is 2.52 bits per heavy atom. The average Bonchev–Trinajstić information content (AvgIpc) is 3.07. The summed E-state index contributed by atoms with van der Waals surface area (Å²) in [6.07, 6.45) is 0.703. The Balaban J connectivity index is 2.18.